The first-order valence-corrected chi connectivity index (χ1v) is 3.77. The summed E-state index contributed by atoms with van der Waals surface area (Å²) in [6, 6.07) is -0.00968. The van der Waals surface area contributed by atoms with E-state index in [0.717, 1.165) is 19.5 Å². The molecule has 12 heavy (non-hydrogen) atoms. The number of rotatable bonds is 1. The predicted molar refractivity (Wildman–Crippen MR) is 48.7 cm³/mol. The van der Waals surface area contributed by atoms with Crippen LogP contribution in [0.3, 0.4) is 0 Å². The number of hydrogen-bond acceptors (Lipinski definition) is 2. The second kappa shape index (κ2) is 5.22. The molecule has 1 saturated heterocycles. The molecule has 0 unspecified atom stereocenters. The summed E-state index contributed by atoms with van der Waals surface area (Å²) in [5.41, 5.74) is 0. The van der Waals surface area contributed by atoms with Crippen molar-refractivity contribution in [2.75, 3.05) is 27.2 Å². The van der Waals surface area contributed by atoms with E-state index in [-0.39, 0.29) is 24.5 Å². The largest absolute Gasteiger partial charge is 0.380 e. The minimum atomic E-state index is -0.00968. The third-order valence-electron chi connectivity index (χ3n) is 1.98. The minimum absolute atomic E-state index is 0. The van der Waals surface area contributed by atoms with Crippen molar-refractivity contribution in [3.63, 3.8) is 0 Å². The summed E-state index contributed by atoms with van der Waals surface area (Å²) in [7, 11) is 3.32. The first-order valence-electron chi connectivity index (χ1n) is 3.77. The number of likely N-dealkylation sites (tertiary alicyclic amines) is 1. The number of nitrogens with zero attached hydrogens (tertiary/aromatic N) is 1. The van der Waals surface area contributed by atoms with Crippen LogP contribution in [0.5, 0.6) is 0 Å². The van der Waals surface area contributed by atoms with E-state index in [1.807, 2.05) is 0 Å². The van der Waals surface area contributed by atoms with Gasteiger partial charge >= 0.3 is 6.03 Å². The molecule has 0 radical (unpaired) electrons. The number of amides is 2. The fourth-order valence-corrected chi connectivity index (χ4v) is 1.26. The van der Waals surface area contributed by atoms with Crippen molar-refractivity contribution >= 4 is 18.4 Å². The lowest BCUT2D eigenvalue weighted by molar-refractivity contribution is 0.110. The lowest BCUT2D eigenvalue weighted by Gasteiger charge is -2.14. The van der Waals surface area contributed by atoms with E-state index in [1.54, 1.807) is 19.1 Å². The summed E-state index contributed by atoms with van der Waals surface area (Å²) in [5, 5.41) is 2.58. The molecular formula is C7H15ClN2O2. The highest BCUT2D eigenvalue weighted by atomic mass is 35.5. The van der Waals surface area contributed by atoms with Crippen molar-refractivity contribution in [2.45, 2.75) is 12.5 Å². The highest BCUT2D eigenvalue weighted by Crippen LogP contribution is 2.10. The lowest BCUT2D eigenvalue weighted by atomic mass is 10.3. The fraction of sp³-hybridized carbons (Fsp3) is 0.857. The molecular weight excluding hydrogens is 180 g/mol. The molecule has 4 nitrogen and oxygen atoms in total. The molecule has 1 rings (SSSR count). The number of carbonyl (C=O) groups excluding carboxylic acids is 1. The van der Waals surface area contributed by atoms with E-state index in [1.165, 1.54) is 0 Å². The Labute approximate surface area is 78.7 Å². The predicted octanol–water partition coefficient (Wildman–Crippen LogP) is 0.468. The number of carbonyl (C=O) groups is 1. The SMILES string of the molecule is CNC(=O)N1CC[C@H](OC)C1.Cl. The van der Waals surface area contributed by atoms with Crippen LogP contribution in [0.4, 0.5) is 4.79 Å². The van der Waals surface area contributed by atoms with Gasteiger partial charge in [-0.2, -0.15) is 0 Å². The zero-order valence-electron chi connectivity index (χ0n) is 7.37. The summed E-state index contributed by atoms with van der Waals surface area (Å²) < 4.78 is 5.11. The normalized spacial score (nSPS) is 21.8. The fourth-order valence-electron chi connectivity index (χ4n) is 1.26. The molecule has 5 heteroatoms. The second-order valence-corrected chi connectivity index (χ2v) is 2.65. The third-order valence-corrected chi connectivity index (χ3v) is 1.98. The molecule has 1 aliphatic heterocycles. The number of methoxy groups -OCH3 is 1. The Kier molecular flexibility index (Phi) is 5.01. The highest BCUT2D eigenvalue weighted by Gasteiger charge is 2.24. The van der Waals surface area contributed by atoms with Crippen LogP contribution < -0.4 is 5.32 Å². The molecule has 0 bridgehead atoms. The maximum Gasteiger partial charge on any atom is 0.317 e. The zero-order valence-corrected chi connectivity index (χ0v) is 8.19. The molecule has 72 valence electrons. The smallest absolute Gasteiger partial charge is 0.317 e. The van der Waals surface area contributed by atoms with Gasteiger partial charge in [0.2, 0.25) is 0 Å². The van der Waals surface area contributed by atoms with E-state index in [2.05, 4.69) is 5.32 Å². The molecule has 0 saturated carbocycles. The molecule has 2 amide bonds. The lowest BCUT2D eigenvalue weighted by Crippen LogP contribution is -2.36. The van der Waals surface area contributed by atoms with Gasteiger partial charge in [0, 0.05) is 27.2 Å². The Bertz CT molecular complexity index is 154. The third kappa shape index (κ3) is 2.53. The van der Waals surface area contributed by atoms with E-state index in [4.69, 9.17) is 4.74 Å². The molecule has 0 aromatic rings. The van der Waals surface area contributed by atoms with Crippen LogP contribution in [0.1, 0.15) is 6.42 Å². The molecule has 1 heterocycles. The Morgan fingerprint density at radius 1 is 1.67 bits per heavy atom. The first-order chi connectivity index (χ1) is 5.27. The van der Waals surface area contributed by atoms with Crippen LogP contribution in [0, 0.1) is 0 Å². The molecule has 0 aliphatic carbocycles. The van der Waals surface area contributed by atoms with Crippen molar-refractivity contribution in [3.8, 4) is 0 Å². The van der Waals surface area contributed by atoms with Gasteiger partial charge in [-0.25, -0.2) is 4.79 Å². The van der Waals surface area contributed by atoms with Crippen LogP contribution in [0.15, 0.2) is 0 Å². The Hall–Kier alpha value is -0.480. The molecule has 0 spiro atoms. The second-order valence-electron chi connectivity index (χ2n) is 2.65. The summed E-state index contributed by atoms with van der Waals surface area (Å²) >= 11 is 0. The molecule has 1 fully saturated rings. The van der Waals surface area contributed by atoms with Crippen LogP contribution in [0.25, 0.3) is 0 Å². The van der Waals surface area contributed by atoms with Gasteiger partial charge in [-0.15, -0.1) is 12.4 Å². The Morgan fingerprint density at radius 3 is 2.75 bits per heavy atom. The molecule has 0 aromatic heterocycles. The van der Waals surface area contributed by atoms with Crippen molar-refractivity contribution in [3.05, 3.63) is 0 Å². The maximum atomic E-state index is 11.0. The van der Waals surface area contributed by atoms with E-state index < -0.39 is 0 Å². The molecule has 1 atom stereocenters. The molecule has 1 N–H and O–H groups in total. The van der Waals surface area contributed by atoms with Crippen molar-refractivity contribution in [2.24, 2.45) is 0 Å². The summed E-state index contributed by atoms with van der Waals surface area (Å²) in [4.78, 5) is 12.8. The van der Waals surface area contributed by atoms with Crippen molar-refractivity contribution in [1.29, 1.82) is 0 Å². The van der Waals surface area contributed by atoms with Crippen LogP contribution in [0.2, 0.25) is 0 Å². The van der Waals surface area contributed by atoms with Gasteiger partial charge in [-0.1, -0.05) is 0 Å². The van der Waals surface area contributed by atoms with E-state index in [0.29, 0.717) is 0 Å². The summed E-state index contributed by atoms with van der Waals surface area (Å²) in [6.45, 7) is 1.52. The van der Waals surface area contributed by atoms with E-state index in [9.17, 15) is 4.79 Å². The highest BCUT2D eigenvalue weighted by molar-refractivity contribution is 5.85. The van der Waals surface area contributed by atoms with Crippen molar-refractivity contribution < 1.29 is 9.53 Å². The standard InChI is InChI=1S/C7H14N2O2.ClH/c1-8-7(10)9-4-3-6(5-9)11-2;/h6H,3-5H2,1-2H3,(H,8,10);1H/t6-;/m0./s1. The number of ether oxygens (including phenoxy) is 1. The van der Waals surface area contributed by atoms with Gasteiger partial charge in [0.05, 0.1) is 6.10 Å². The van der Waals surface area contributed by atoms with Crippen molar-refractivity contribution in [1.82, 2.24) is 10.2 Å². The average Bonchev–Trinajstić information content (AvgIpc) is 2.50. The van der Waals surface area contributed by atoms with Crippen LogP contribution in [-0.4, -0.2) is 44.3 Å². The van der Waals surface area contributed by atoms with Gasteiger partial charge in [0.15, 0.2) is 0 Å². The Balaban J connectivity index is 0.00000121. The summed E-state index contributed by atoms with van der Waals surface area (Å²) in [5.74, 6) is 0. The van der Waals surface area contributed by atoms with E-state index >= 15 is 0 Å². The van der Waals surface area contributed by atoms with Gasteiger partial charge in [0.25, 0.3) is 0 Å². The first kappa shape index (κ1) is 11.5. The van der Waals surface area contributed by atoms with Gasteiger partial charge in [0.1, 0.15) is 0 Å². The average molecular weight is 195 g/mol. The quantitative estimate of drug-likeness (QED) is 0.660. The number of urea groups is 1. The van der Waals surface area contributed by atoms with Gasteiger partial charge in [-0.05, 0) is 6.42 Å². The monoisotopic (exact) mass is 194 g/mol. The maximum absolute atomic E-state index is 11.0. The number of halogens is 1. The van der Waals surface area contributed by atoms with Crippen LogP contribution in [-0.2, 0) is 4.74 Å². The van der Waals surface area contributed by atoms with Gasteiger partial charge < -0.3 is 15.0 Å². The number of hydrogen-bond donors (Lipinski definition) is 1. The summed E-state index contributed by atoms with van der Waals surface area (Å²) in [6.07, 6.45) is 1.18. The molecule has 0 aromatic carbocycles. The van der Waals surface area contributed by atoms with Gasteiger partial charge in [-0.3, -0.25) is 0 Å². The topological polar surface area (TPSA) is 41.6 Å². The minimum Gasteiger partial charge on any atom is -0.380 e. The van der Waals surface area contributed by atoms with Crippen LogP contribution >= 0.6 is 12.4 Å². The molecule has 1 aliphatic rings. The Morgan fingerprint density at radius 2 is 2.33 bits per heavy atom. The number of nitrogens with one attached hydrogen (secondary N) is 1. The zero-order chi connectivity index (χ0) is 8.27.